The van der Waals surface area contributed by atoms with E-state index in [0.717, 1.165) is 25.6 Å². The standard InChI is InChI=1S/C17H31F3N4O2S.HI/c1-4-21-16(23-11-13(2)9-14(3)12-23)22-10-15-5-7-24(8-6-15)27(25,26)17(18,19)20;/h13-15H,4-12H2,1-3H3,(H,21,22);1H. The van der Waals surface area contributed by atoms with Crippen molar-refractivity contribution >= 4 is 40.0 Å². The van der Waals surface area contributed by atoms with Gasteiger partial charge in [-0.1, -0.05) is 13.8 Å². The molecule has 0 radical (unpaired) electrons. The number of rotatable bonds is 4. The molecule has 0 amide bonds. The summed E-state index contributed by atoms with van der Waals surface area (Å²) in [7, 11) is -5.22. The molecule has 166 valence electrons. The lowest BCUT2D eigenvalue weighted by Gasteiger charge is -2.37. The third kappa shape index (κ3) is 6.61. The third-order valence-electron chi connectivity index (χ3n) is 5.21. The van der Waals surface area contributed by atoms with Crippen LogP contribution in [0.3, 0.4) is 0 Å². The van der Waals surface area contributed by atoms with E-state index in [2.05, 4.69) is 24.1 Å². The van der Waals surface area contributed by atoms with Gasteiger partial charge in [-0.05, 0) is 43.9 Å². The van der Waals surface area contributed by atoms with Crippen molar-refractivity contribution in [3.8, 4) is 0 Å². The lowest BCUT2D eigenvalue weighted by molar-refractivity contribution is -0.0496. The average molecular weight is 540 g/mol. The Kier molecular flexibility index (Phi) is 9.79. The number of hydrogen-bond acceptors (Lipinski definition) is 3. The number of sulfonamides is 1. The van der Waals surface area contributed by atoms with Gasteiger partial charge in [-0.15, -0.1) is 24.0 Å². The molecule has 2 fully saturated rings. The fraction of sp³-hybridized carbons (Fsp3) is 0.941. The molecule has 0 aromatic carbocycles. The van der Waals surface area contributed by atoms with E-state index in [9.17, 15) is 21.6 Å². The summed E-state index contributed by atoms with van der Waals surface area (Å²) in [6, 6.07) is 0. The van der Waals surface area contributed by atoms with Crippen LogP contribution in [-0.2, 0) is 10.0 Å². The second-order valence-electron chi connectivity index (χ2n) is 7.84. The molecule has 0 aromatic heterocycles. The van der Waals surface area contributed by atoms with Crippen molar-refractivity contribution < 1.29 is 21.6 Å². The van der Waals surface area contributed by atoms with Crippen LogP contribution in [0.15, 0.2) is 4.99 Å². The molecule has 2 rings (SSSR count). The molecular weight excluding hydrogens is 508 g/mol. The molecular formula is C17H32F3IN4O2S. The quantitative estimate of drug-likeness (QED) is 0.338. The second-order valence-corrected chi connectivity index (χ2v) is 9.77. The first-order valence-corrected chi connectivity index (χ1v) is 11.1. The largest absolute Gasteiger partial charge is 0.511 e. The summed E-state index contributed by atoms with van der Waals surface area (Å²) in [5.74, 6) is 2.13. The number of alkyl halides is 3. The van der Waals surface area contributed by atoms with E-state index in [1.165, 1.54) is 6.42 Å². The number of piperidine rings is 2. The van der Waals surface area contributed by atoms with Gasteiger partial charge in [-0.3, -0.25) is 4.99 Å². The smallest absolute Gasteiger partial charge is 0.357 e. The van der Waals surface area contributed by atoms with Crippen LogP contribution in [0.4, 0.5) is 13.2 Å². The summed E-state index contributed by atoms with van der Waals surface area (Å²) in [6.45, 7) is 9.39. The van der Waals surface area contributed by atoms with Gasteiger partial charge < -0.3 is 10.2 Å². The lowest BCUT2D eigenvalue weighted by atomic mass is 9.92. The number of likely N-dealkylation sites (tertiary alicyclic amines) is 1. The first kappa shape index (κ1) is 25.7. The van der Waals surface area contributed by atoms with Crippen molar-refractivity contribution in [2.75, 3.05) is 39.3 Å². The van der Waals surface area contributed by atoms with Gasteiger partial charge >= 0.3 is 15.5 Å². The zero-order valence-electron chi connectivity index (χ0n) is 16.7. The lowest BCUT2D eigenvalue weighted by Crippen LogP contribution is -2.49. The molecule has 0 aliphatic carbocycles. The van der Waals surface area contributed by atoms with Crippen molar-refractivity contribution in [1.29, 1.82) is 0 Å². The molecule has 2 heterocycles. The first-order chi connectivity index (χ1) is 12.5. The number of guanidine groups is 1. The van der Waals surface area contributed by atoms with Gasteiger partial charge in [0.25, 0.3) is 0 Å². The van der Waals surface area contributed by atoms with Crippen LogP contribution < -0.4 is 5.32 Å². The summed E-state index contributed by atoms with van der Waals surface area (Å²) < 4.78 is 61.5. The predicted octanol–water partition coefficient (Wildman–Crippen LogP) is 3.11. The Bertz CT molecular complexity index is 612. The Labute approximate surface area is 183 Å². The molecule has 2 unspecified atom stereocenters. The molecule has 11 heteroatoms. The number of hydrogen-bond donors (Lipinski definition) is 1. The van der Waals surface area contributed by atoms with Gasteiger partial charge in [0.2, 0.25) is 0 Å². The van der Waals surface area contributed by atoms with Gasteiger partial charge in [-0.25, -0.2) is 8.42 Å². The second kappa shape index (κ2) is 10.6. The highest BCUT2D eigenvalue weighted by Gasteiger charge is 2.50. The SMILES string of the molecule is CCNC(=NCC1CCN(S(=O)(=O)C(F)(F)F)CC1)N1CC(C)CC(C)C1.I. The molecule has 2 saturated heterocycles. The van der Waals surface area contributed by atoms with Crippen LogP contribution in [0.25, 0.3) is 0 Å². The molecule has 0 bridgehead atoms. The number of aliphatic imine (C=N–C) groups is 1. The minimum atomic E-state index is -5.22. The Balaban J connectivity index is 0.00000392. The molecule has 1 N–H and O–H groups in total. The predicted molar refractivity (Wildman–Crippen MR) is 115 cm³/mol. The fourth-order valence-corrected chi connectivity index (χ4v) is 4.94. The Hall–Kier alpha value is -0.300. The van der Waals surface area contributed by atoms with E-state index >= 15 is 0 Å². The fourth-order valence-electron chi connectivity index (χ4n) is 3.96. The Morgan fingerprint density at radius 3 is 2.14 bits per heavy atom. The maximum Gasteiger partial charge on any atom is 0.511 e. The number of nitrogens with one attached hydrogen (secondary N) is 1. The highest BCUT2D eigenvalue weighted by Crippen LogP contribution is 2.30. The van der Waals surface area contributed by atoms with Gasteiger partial charge in [0.05, 0.1) is 0 Å². The highest BCUT2D eigenvalue weighted by molar-refractivity contribution is 14.0. The normalized spacial score (nSPS) is 26.1. The van der Waals surface area contributed by atoms with E-state index in [0.29, 0.717) is 35.5 Å². The van der Waals surface area contributed by atoms with Crippen molar-refractivity contribution in [3.63, 3.8) is 0 Å². The minimum Gasteiger partial charge on any atom is -0.357 e. The van der Waals surface area contributed by atoms with Gasteiger partial charge in [0.1, 0.15) is 0 Å². The zero-order valence-corrected chi connectivity index (χ0v) is 19.9. The third-order valence-corrected chi connectivity index (χ3v) is 6.84. The van der Waals surface area contributed by atoms with Crippen molar-refractivity contribution in [3.05, 3.63) is 0 Å². The van der Waals surface area contributed by atoms with Gasteiger partial charge in [0.15, 0.2) is 5.96 Å². The van der Waals surface area contributed by atoms with Crippen molar-refractivity contribution in [2.45, 2.75) is 45.5 Å². The zero-order chi connectivity index (χ0) is 20.2. The topological polar surface area (TPSA) is 65.0 Å². The monoisotopic (exact) mass is 540 g/mol. The van der Waals surface area contributed by atoms with Crippen LogP contribution in [-0.4, -0.2) is 68.4 Å². The summed E-state index contributed by atoms with van der Waals surface area (Å²) in [6.07, 6.45) is 1.98. The molecule has 0 saturated carbocycles. The van der Waals surface area contributed by atoms with Crippen molar-refractivity contribution in [1.82, 2.24) is 14.5 Å². The molecule has 0 spiro atoms. The van der Waals surface area contributed by atoms with E-state index in [1.54, 1.807) is 0 Å². The van der Waals surface area contributed by atoms with E-state index in [4.69, 9.17) is 4.99 Å². The van der Waals surface area contributed by atoms with Gasteiger partial charge in [0, 0.05) is 39.3 Å². The van der Waals surface area contributed by atoms with E-state index in [1.807, 2.05) is 6.92 Å². The van der Waals surface area contributed by atoms with E-state index < -0.39 is 15.5 Å². The average Bonchev–Trinajstić information content (AvgIpc) is 2.57. The van der Waals surface area contributed by atoms with Crippen LogP contribution >= 0.6 is 24.0 Å². The van der Waals surface area contributed by atoms with Crippen LogP contribution in [0.5, 0.6) is 0 Å². The molecule has 0 aromatic rings. The summed E-state index contributed by atoms with van der Waals surface area (Å²) >= 11 is 0. The first-order valence-electron chi connectivity index (χ1n) is 9.64. The highest BCUT2D eigenvalue weighted by atomic mass is 127. The van der Waals surface area contributed by atoms with Crippen LogP contribution in [0.1, 0.15) is 40.0 Å². The summed E-state index contributed by atoms with van der Waals surface area (Å²) in [5.41, 5.74) is -5.22. The Morgan fingerprint density at radius 2 is 1.68 bits per heavy atom. The molecule has 2 aliphatic heterocycles. The van der Waals surface area contributed by atoms with Crippen molar-refractivity contribution in [2.24, 2.45) is 22.7 Å². The van der Waals surface area contributed by atoms with Gasteiger partial charge in [-0.2, -0.15) is 17.5 Å². The summed E-state index contributed by atoms with van der Waals surface area (Å²) in [4.78, 5) is 6.96. The maximum absolute atomic E-state index is 12.7. The van der Waals surface area contributed by atoms with Crippen LogP contribution in [0.2, 0.25) is 0 Å². The Morgan fingerprint density at radius 1 is 1.14 bits per heavy atom. The molecule has 6 nitrogen and oxygen atoms in total. The molecule has 2 aliphatic rings. The van der Waals surface area contributed by atoms with Crippen LogP contribution in [0, 0.1) is 17.8 Å². The molecule has 2 atom stereocenters. The number of halogens is 4. The summed E-state index contributed by atoms with van der Waals surface area (Å²) in [5, 5.41) is 3.31. The minimum absolute atomic E-state index is 0. The van der Waals surface area contributed by atoms with E-state index in [-0.39, 0.29) is 43.0 Å². The number of nitrogens with zero attached hydrogens (tertiary/aromatic N) is 3. The maximum atomic E-state index is 12.7. The molecule has 28 heavy (non-hydrogen) atoms.